The predicted molar refractivity (Wildman–Crippen MR) is 67.4 cm³/mol. The third-order valence-corrected chi connectivity index (χ3v) is 0.485. The maximum absolute atomic E-state index is 10.6. The van der Waals surface area contributed by atoms with Crippen molar-refractivity contribution in [3.05, 3.63) is 0 Å². The molecule has 15 heteroatoms. The summed E-state index contributed by atoms with van der Waals surface area (Å²) in [5, 5.41) is 14.2. The van der Waals surface area contributed by atoms with Crippen LogP contribution < -0.4 is 0 Å². The number of halogens is 6. The molecule has 0 saturated heterocycles. The molecule has 0 unspecified atom stereocenters. The summed E-state index contributed by atoms with van der Waals surface area (Å²) in [6.07, 6.45) is -3.61. The second kappa shape index (κ2) is 16.3. The summed E-state index contributed by atoms with van der Waals surface area (Å²) in [7, 11) is -1.22. The van der Waals surface area contributed by atoms with Crippen molar-refractivity contribution >= 4 is 33.5 Å². The van der Waals surface area contributed by atoms with Gasteiger partial charge in [-0.15, -0.1) is 0 Å². The van der Waals surface area contributed by atoms with Gasteiger partial charge in [0.1, 0.15) is 0 Å². The van der Waals surface area contributed by atoms with Crippen molar-refractivity contribution in [1.82, 2.24) is 0 Å². The molecule has 0 aliphatic rings. The molecule has 0 aromatic heterocycles. The van der Waals surface area contributed by atoms with Crippen molar-refractivity contribution in [3.8, 4) is 0 Å². The van der Waals surface area contributed by atoms with Crippen LogP contribution in [-0.4, -0.2) is 67.9 Å². The summed E-state index contributed by atoms with van der Waals surface area (Å²) < 4.78 is 82.6. The van der Waals surface area contributed by atoms with Gasteiger partial charge in [-0.3, -0.25) is 8.42 Å². The molecule has 0 aromatic rings. The molecule has 0 heterocycles. The number of carboxylic acids is 2. The van der Waals surface area contributed by atoms with Crippen LogP contribution in [0.2, 0.25) is 0 Å². The molecule has 0 spiro atoms. The molecule has 0 aromatic carbocycles. The second-order valence-corrected chi connectivity index (χ2v) is 6.06. The molecule has 0 aliphatic carbocycles. The summed E-state index contributed by atoms with van der Waals surface area (Å²) in [6.45, 7) is 0. The van der Waals surface area contributed by atoms with E-state index >= 15 is 0 Å². The zero-order valence-electron chi connectivity index (χ0n) is 11.9. The van der Waals surface area contributed by atoms with Gasteiger partial charge in [0.15, 0.2) is 0 Å². The maximum Gasteiger partial charge on any atom is 0.490 e. The van der Waals surface area contributed by atoms with Gasteiger partial charge in [-0.05, 0) is 0 Å². The minimum atomic E-state index is -5.08. The number of hydrogen-bond donors (Lipinski definition) is 2. The Labute approximate surface area is 146 Å². The first-order valence-corrected chi connectivity index (χ1v) is 8.39. The maximum atomic E-state index is 10.6. The van der Waals surface area contributed by atoms with Gasteiger partial charge in [0.2, 0.25) is 0 Å². The molecule has 2 N–H and O–H groups in total. The van der Waals surface area contributed by atoms with Crippen LogP contribution in [-0.2, 0) is 51.6 Å². The molecule has 0 bridgehead atoms. The molecule has 23 heavy (non-hydrogen) atoms. The van der Waals surface area contributed by atoms with E-state index in [4.69, 9.17) is 19.8 Å². The van der Waals surface area contributed by atoms with Crippen molar-refractivity contribution in [2.45, 2.75) is 12.4 Å². The topological polar surface area (TPSA) is 109 Å². The number of aliphatic carboxylic acids is 2. The Morgan fingerprint density at radius 3 is 0.739 bits per heavy atom. The van der Waals surface area contributed by atoms with Gasteiger partial charge in [-0.1, -0.05) is 0 Å². The summed E-state index contributed by atoms with van der Waals surface area (Å²) in [5.41, 5.74) is 0. The normalized spacial score (nSPS) is 9.91. The number of carboxylic acid groups (broad SMARTS) is 2. The van der Waals surface area contributed by atoms with Crippen molar-refractivity contribution in [2.75, 3.05) is 25.0 Å². The Morgan fingerprint density at radius 2 is 0.739 bits per heavy atom. The zero-order chi connectivity index (χ0) is 19.3. The smallest absolute Gasteiger partial charge is 0.475 e. The van der Waals surface area contributed by atoms with Crippen molar-refractivity contribution < 1.29 is 75.0 Å². The fourth-order valence-corrected chi connectivity index (χ4v) is 0. The van der Waals surface area contributed by atoms with Gasteiger partial charge >= 0.3 is 24.3 Å². The minimum Gasteiger partial charge on any atom is -0.475 e. The molecule has 0 radical (unpaired) electrons. The van der Waals surface area contributed by atoms with Gasteiger partial charge < -0.3 is 10.2 Å². The summed E-state index contributed by atoms with van der Waals surface area (Å²) in [6, 6.07) is 0. The molecule has 0 saturated carbocycles. The fourth-order valence-electron chi connectivity index (χ4n) is 0. The van der Waals surface area contributed by atoms with Gasteiger partial charge in [-0.2, -0.15) is 26.3 Å². The van der Waals surface area contributed by atoms with Crippen LogP contribution >= 0.6 is 0 Å². The van der Waals surface area contributed by atoms with Crippen molar-refractivity contribution in [2.24, 2.45) is 0 Å². The Balaban J connectivity index is -0.0000000639. The van der Waals surface area contributed by atoms with Crippen LogP contribution in [0.25, 0.3) is 0 Å². The van der Waals surface area contributed by atoms with Crippen LogP contribution in [0.5, 0.6) is 0 Å². The number of carbonyl (C=O) groups is 2. The third-order valence-electron chi connectivity index (χ3n) is 0.485. The summed E-state index contributed by atoms with van der Waals surface area (Å²) >= 11 is 0. The summed E-state index contributed by atoms with van der Waals surface area (Å²) in [4.78, 5) is 17.8. The number of alkyl halides is 6. The molecule has 0 amide bonds. The Morgan fingerprint density at radius 1 is 0.696 bits per heavy atom. The van der Waals surface area contributed by atoms with Crippen LogP contribution in [0.4, 0.5) is 26.3 Å². The van der Waals surface area contributed by atoms with Crippen molar-refractivity contribution in [3.63, 3.8) is 0 Å². The Bertz CT molecular complexity index is 340. The standard InChI is InChI=1S/2C2HF3O2.2C2H6OS.Pd/c2*3-2(4,5)1(6)7;2*1-4(2)3;/h2*(H,6,7);2*1-2H3;. The Hall–Kier alpha value is -0.518. The number of rotatable bonds is 0. The monoisotopic (exact) mass is 490 g/mol. The van der Waals surface area contributed by atoms with Crippen LogP contribution in [0.1, 0.15) is 0 Å². The van der Waals surface area contributed by atoms with E-state index in [-0.39, 0.29) is 20.4 Å². The van der Waals surface area contributed by atoms with E-state index in [9.17, 15) is 34.8 Å². The van der Waals surface area contributed by atoms with Crippen LogP contribution in [0, 0.1) is 0 Å². The van der Waals surface area contributed by atoms with Gasteiger partial charge in [0, 0.05) is 67.0 Å². The molecule has 0 atom stereocenters. The molecular weight excluding hydrogens is 477 g/mol. The van der Waals surface area contributed by atoms with Crippen molar-refractivity contribution in [1.29, 1.82) is 0 Å². The van der Waals surface area contributed by atoms with E-state index in [1.165, 1.54) is 0 Å². The van der Waals surface area contributed by atoms with Gasteiger partial charge in [0.05, 0.1) is 0 Å². The van der Waals surface area contributed by atoms with E-state index < -0.39 is 45.9 Å². The second-order valence-electron chi connectivity index (χ2n) is 3.09. The van der Waals surface area contributed by atoms with E-state index in [0.29, 0.717) is 0 Å². The third kappa shape index (κ3) is 61.8. The molecule has 0 aliphatic heterocycles. The average molecular weight is 491 g/mol. The molecule has 6 nitrogen and oxygen atoms in total. The molecule has 0 rings (SSSR count). The van der Waals surface area contributed by atoms with E-state index in [0.717, 1.165) is 0 Å². The SMILES string of the molecule is CS(C)=O.CS(C)=O.O=C(O)C(F)(F)F.O=C(O)C(F)(F)F.[Pd]. The van der Waals surface area contributed by atoms with Crippen LogP contribution in [0.15, 0.2) is 0 Å². The van der Waals surface area contributed by atoms with E-state index in [1.54, 1.807) is 25.0 Å². The average Bonchev–Trinajstić information content (AvgIpc) is 2.12. The molecule has 146 valence electrons. The van der Waals surface area contributed by atoms with E-state index in [1.807, 2.05) is 0 Å². The summed E-state index contributed by atoms with van der Waals surface area (Å²) in [5.74, 6) is -5.51. The van der Waals surface area contributed by atoms with E-state index in [2.05, 4.69) is 0 Å². The van der Waals surface area contributed by atoms with Gasteiger partial charge in [-0.25, -0.2) is 9.59 Å². The minimum absolute atomic E-state index is 0. The first-order valence-electron chi connectivity index (χ1n) is 4.46. The zero-order valence-corrected chi connectivity index (χ0v) is 15.1. The first-order chi connectivity index (χ1) is 9.35. The van der Waals surface area contributed by atoms with Crippen LogP contribution in [0.3, 0.4) is 0 Å². The quantitative estimate of drug-likeness (QED) is 0.391. The predicted octanol–water partition coefficient (Wildman–Crippen LogP) is 1.25. The Kier molecular flexibility index (Phi) is 24.1. The molecular formula is C8H14F6O6PdS2. The first kappa shape index (κ1) is 33.9. The fraction of sp³-hybridized carbons (Fsp3) is 0.750. The van der Waals surface area contributed by atoms with Gasteiger partial charge in [0.25, 0.3) is 0 Å². The molecule has 0 fully saturated rings. The number of hydrogen-bond acceptors (Lipinski definition) is 4. The largest absolute Gasteiger partial charge is 0.490 e.